The SMILES string of the molecule is COc1cc(N(C)C)ccc1[C@@H](CCO[Si](C)(C)C(C)(C)C)c1ccccc1. The zero-order chi connectivity index (χ0) is 20.9. The fourth-order valence-electron chi connectivity index (χ4n) is 3.10. The zero-order valence-electron chi connectivity index (χ0n) is 18.9. The zero-order valence-corrected chi connectivity index (χ0v) is 19.9. The fraction of sp³-hybridized carbons (Fsp3) is 0.500. The van der Waals surface area contributed by atoms with Crippen molar-refractivity contribution in [3.63, 3.8) is 0 Å². The van der Waals surface area contributed by atoms with Crippen LogP contribution < -0.4 is 9.64 Å². The minimum Gasteiger partial charge on any atom is -0.496 e. The lowest BCUT2D eigenvalue weighted by Crippen LogP contribution is -2.41. The van der Waals surface area contributed by atoms with Crippen LogP contribution in [0.2, 0.25) is 18.1 Å². The molecule has 4 heteroatoms. The predicted octanol–water partition coefficient (Wildman–Crippen LogP) is 6.31. The van der Waals surface area contributed by atoms with Gasteiger partial charge >= 0.3 is 0 Å². The topological polar surface area (TPSA) is 21.7 Å². The normalized spacial score (nSPS) is 13.3. The van der Waals surface area contributed by atoms with E-state index in [9.17, 15) is 0 Å². The van der Waals surface area contributed by atoms with E-state index in [-0.39, 0.29) is 11.0 Å². The molecular weight excluding hydrogens is 362 g/mol. The first kappa shape index (κ1) is 22.5. The van der Waals surface area contributed by atoms with Crippen molar-refractivity contribution in [3.8, 4) is 5.75 Å². The highest BCUT2D eigenvalue weighted by atomic mass is 28.4. The van der Waals surface area contributed by atoms with Crippen molar-refractivity contribution < 1.29 is 9.16 Å². The number of ether oxygens (including phenoxy) is 1. The second-order valence-corrected chi connectivity index (χ2v) is 14.0. The average Bonchev–Trinajstić information content (AvgIpc) is 2.64. The van der Waals surface area contributed by atoms with E-state index in [4.69, 9.17) is 9.16 Å². The molecule has 0 saturated carbocycles. The van der Waals surface area contributed by atoms with E-state index < -0.39 is 8.32 Å². The van der Waals surface area contributed by atoms with Gasteiger partial charge in [0.1, 0.15) is 5.75 Å². The summed E-state index contributed by atoms with van der Waals surface area (Å²) < 4.78 is 12.3. The number of hydrogen-bond acceptors (Lipinski definition) is 3. The molecule has 2 aromatic carbocycles. The molecule has 0 N–H and O–H groups in total. The van der Waals surface area contributed by atoms with Gasteiger partial charge in [0, 0.05) is 43.9 Å². The van der Waals surface area contributed by atoms with Gasteiger partial charge < -0.3 is 14.1 Å². The summed E-state index contributed by atoms with van der Waals surface area (Å²) in [7, 11) is 4.10. The van der Waals surface area contributed by atoms with Crippen molar-refractivity contribution in [2.75, 3.05) is 32.7 Å². The third-order valence-electron chi connectivity index (χ3n) is 5.99. The molecule has 0 aliphatic carbocycles. The van der Waals surface area contributed by atoms with Gasteiger partial charge in [-0.15, -0.1) is 0 Å². The first-order valence-electron chi connectivity index (χ1n) is 10.1. The summed E-state index contributed by atoms with van der Waals surface area (Å²) in [4.78, 5) is 2.10. The Labute approximate surface area is 172 Å². The monoisotopic (exact) mass is 399 g/mol. The third-order valence-corrected chi connectivity index (χ3v) is 10.5. The van der Waals surface area contributed by atoms with E-state index >= 15 is 0 Å². The Morgan fingerprint density at radius 3 is 2.18 bits per heavy atom. The Kier molecular flexibility index (Phi) is 7.35. The summed E-state index contributed by atoms with van der Waals surface area (Å²) in [5, 5.41) is 0.223. The molecule has 2 aromatic rings. The number of hydrogen-bond donors (Lipinski definition) is 0. The molecule has 2 rings (SSSR count). The third kappa shape index (κ3) is 5.39. The Bertz CT molecular complexity index is 751. The quantitative estimate of drug-likeness (QED) is 0.486. The van der Waals surface area contributed by atoms with Gasteiger partial charge in [-0.1, -0.05) is 57.2 Å². The van der Waals surface area contributed by atoms with Crippen molar-refractivity contribution >= 4 is 14.0 Å². The Morgan fingerprint density at radius 2 is 1.64 bits per heavy atom. The summed E-state index contributed by atoms with van der Waals surface area (Å²) in [6.07, 6.45) is 0.939. The molecule has 0 saturated heterocycles. The highest BCUT2D eigenvalue weighted by Gasteiger charge is 2.37. The molecular formula is C24H37NO2Si. The molecule has 1 atom stereocenters. The van der Waals surface area contributed by atoms with E-state index in [1.807, 2.05) is 0 Å². The molecule has 0 aliphatic rings. The predicted molar refractivity (Wildman–Crippen MR) is 123 cm³/mol. The van der Waals surface area contributed by atoms with Crippen LogP contribution in [0.15, 0.2) is 48.5 Å². The molecule has 0 fully saturated rings. The maximum atomic E-state index is 6.49. The molecule has 0 spiro atoms. The Hall–Kier alpha value is -1.78. The molecule has 154 valence electrons. The number of benzene rings is 2. The van der Waals surface area contributed by atoms with E-state index in [1.54, 1.807) is 7.11 Å². The van der Waals surface area contributed by atoms with E-state index in [0.29, 0.717) is 0 Å². The van der Waals surface area contributed by atoms with Gasteiger partial charge in [-0.3, -0.25) is 0 Å². The maximum absolute atomic E-state index is 6.49. The number of anilines is 1. The summed E-state index contributed by atoms with van der Waals surface area (Å²) in [5.74, 6) is 1.18. The Balaban J connectivity index is 2.32. The Morgan fingerprint density at radius 1 is 1.00 bits per heavy atom. The van der Waals surface area contributed by atoms with Gasteiger partial charge in [-0.2, -0.15) is 0 Å². The average molecular weight is 400 g/mol. The van der Waals surface area contributed by atoms with Crippen molar-refractivity contribution in [1.82, 2.24) is 0 Å². The van der Waals surface area contributed by atoms with Gasteiger partial charge in [0.05, 0.1) is 7.11 Å². The van der Waals surface area contributed by atoms with Crippen LogP contribution in [0.25, 0.3) is 0 Å². The number of methoxy groups -OCH3 is 1. The maximum Gasteiger partial charge on any atom is 0.191 e. The molecule has 0 heterocycles. The molecule has 3 nitrogen and oxygen atoms in total. The largest absolute Gasteiger partial charge is 0.496 e. The summed E-state index contributed by atoms with van der Waals surface area (Å²) >= 11 is 0. The second kappa shape index (κ2) is 9.14. The van der Waals surface area contributed by atoms with Gasteiger partial charge in [-0.05, 0) is 36.2 Å². The van der Waals surface area contributed by atoms with E-state index in [0.717, 1.165) is 24.5 Å². The van der Waals surface area contributed by atoms with E-state index in [2.05, 4.69) is 101 Å². The lowest BCUT2D eigenvalue weighted by Gasteiger charge is -2.36. The molecule has 0 unspecified atom stereocenters. The minimum atomic E-state index is -1.76. The first-order chi connectivity index (χ1) is 13.1. The molecule has 0 bridgehead atoms. The summed E-state index contributed by atoms with van der Waals surface area (Å²) in [6.45, 7) is 12.3. The summed E-state index contributed by atoms with van der Waals surface area (Å²) in [5.41, 5.74) is 3.67. The van der Waals surface area contributed by atoms with Crippen LogP contribution in [0.5, 0.6) is 5.75 Å². The van der Waals surface area contributed by atoms with Crippen molar-refractivity contribution in [3.05, 3.63) is 59.7 Å². The van der Waals surface area contributed by atoms with Crippen LogP contribution in [0.1, 0.15) is 44.2 Å². The molecule has 0 amide bonds. The molecule has 0 aromatic heterocycles. The molecule has 0 radical (unpaired) electrons. The number of nitrogens with zero attached hydrogens (tertiary/aromatic N) is 1. The van der Waals surface area contributed by atoms with Crippen molar-refractivity contribution in [2.45, 2.75) is 51.2 Å². The summed E-state index contributed by atoms with van der Waals surface area (Å²) in [6, 6.07) is 17.2. The van der Waals surface area contributed by atoms with Crippen LogP contribution in [-0.4, -0.2) is 36.1 Å². The fourth-order valence-corrected chi connectivity index (χ4v) is 4.16. The van der Waals surface area contributed by atoms with Crippen LogP contribution in [0.4, 0.5) is 5.69 Å². The van der Waals surface area contributed by atoms with Gasteiger partial charge in [0.25, 0.3) is 0 Å². The van der Waals surface area contributed by atoms with Gasteiger partial charge in [0.2, 0.25) is 0 Å². The highest BCUT2D eigenvalue weighted by molar-refractivity contribution is 6.74. The first-order valence-corrected chi connectivity index (χ1v) is 13.0. The molecule has 0 aliphatic heterocycles. The van der Waals surface area contributed by atoms with Crippen LogP contribution in [0, 0.1) is 0 Å². The minimum absolute atomic E-state index is 0.223. The van der Waals surface area contributed by atoms with Gasteiger partial charge in [-0.25, -0.2) is 0 Å². The standard InChI is InChI=1S/C24H37NO2Si/c1-24(2,3)28(7,8)27-17-16-21(19-12-10-9-11-13-19)22-15-14-20(25(4)5)18-23(22)26-6/h9-15,18,21H,16-17H2,1-8H3/t21-/m0/s1. The van der Waals surface area contributed by atoms with Gasteiger partial charge in [0.15, 0.2) is 8.32 Å². The lowest BCUT2D eigenvalue weighted by molar-refractivity contribution is 0.275. The van der Waals surface area contributed by atoms with Crippen LogP contribution in [-0.2, 0) is 4.43 Å². The molecule has 28 heavy (non-hydrogen) atoms. The second-order valence-electron chi connectivity index (χ2n) is 9.18. The smallest absolute Gasteiger partial charge is 0.191 e. The lowest BCUT2D eigenvalue weighted by atomic mass is 9.88. The van der Waals surface area contributed by atoms with Crippen molar-refractivity contribution in [1.29, 1.82) is 0 Å². The van der Waals surface area contributed by atoms with E-state index in [1.165, 1.54) is 11.1 Å². The highest BCUT2D eigenvalue weighted by Crippen LogP contribution is 2.39. The van der Waals surface area contributed by atoms with Crippen LogP contribution >= 0.6 is 0 Å². The van der Waals surface area contributed by atoms with Crippen LogP contribution in [0.3, 0.4) is 0 Å². The number of rotatable bonds is 8. The van der Waals surface area contributed by atoms with Crippen molar-refractivity contribution in [2.24, 2.45) is 0 Å².